The van der Waals surface area contributed by atoms with Crippen LogP contribution in [-0.2, 0) is 0 Å². The van der Waals surface area contributed by atoms with E-state index in [0.29, 0.717) is 5.95 Å². The van der Waals surface area contributed by atoms with Crippen molar-refractivity contribution in [2.75, 3.05) is 23.7 Å². The molecule has 19 heavy (non-hydrogen) atoms. The molecule has 0 radical (unpaired) electrons. The first-order valence-corrected chi connectivity index (χ1v) is 6.43. The lowest BCUT2D eigenvalue weighted by Gasteiger charge is -2.27. The molecule has 0 unspecified atom stereocenters. The fourth-order valence-electron chi connectivity index (χ4n) is 1.90. The van der Waals surface area contributed by atoms with Gasteiger partial charge in [0, 0.05) is 13.1 Å². The normalized spacial score (nSPS) is 15.9. The van der Waals surface area contributed by atoms with Crippen molar-refractivity contribution in [1.82, 2.24) is 15.0 Å². The molecule has 0 aliphatic carbocycles. The van der Waals surface area contributed by atoms with Crippen LogP contribution >= 0.6 is 0 Å². The van der Waals surface area contributed by atoms with E-state index >= 15 is 0 Å². The van der Waals surface area contributed by atoms with Gasteiger partial charge in [-0.05, 0) is 33.1 Å². The topological polar surface area (TPSA) is 77.2 Å². The van der Waals surface area contributed by atoms with Crippen molar-refractivity contribution in [2.45, 2.75) is 38.7 Å². The van der Waals surface area contributed by atoms with Gasteiger partial charge in [-0.3, -0.25) is 0 Å². The van der Waals surface area contributed by atoms with Crippen molar-refractivity contribution in [3.05, 3.63) is 0 Å². The Hall–Kier alpha value is -2.03. The van der Waals surface area contributed by atoms with Crippen molar-refractivity contribution < 1.29 is 4.74 Å². The molecule has 6 nitrogen and oxygen atoms in total. The largest absolute Gasteiger partial charge is 0.444 e. The minimum atomic E-state index is -0.771. The Balaban J connectivity index is 2.22. The molecule has 0 saturated carbocycles. The number of ether oxygens (including phenoxy) is 1. The Morgan fingerprint density at radius 3 is 2.53 bits per heavy atom. The van der Waals surface area contributed by atoms with Crippen LogP contribution in [0.4, 0.5) is 11.9 Å². The van der Waals surface area contributed by atoms with E-state index in [9.17, 15) is 0 Å². The van der Waals surface area contributed by atoms with E-state index < -0.39 is 5.60 Å². The zero-order valence-corrected chi connectivity index (χ0v) is 11.4. The van der Waals surface area contributed by atoms with Crippen molar-refractivity contribution in [3.63, 3.8) is 0 Å². The second-order valence-corrected chi connectivity index (χ2v) is 5.08. The summed E-state index contributed by atoms with van der Waals surface area (Å²) in [5.41, 5.74) is 4.93. The number of aromatic nitrogens is 3. The Morgan fingerprint density at radius 2 is 1.89 bits per heavy atom. The number of hydrogen-bond donors (Lipinski definition) is 1. The minimum absolute atomic E-state index is 0.151. The van der Waals surface area contributed by atoms with Crippen LogP contribution < -0.4 is 15.4 Å². The fraction of sp³-hybridized carbons (Fsp3) is 0.615. The Bertz CT molecular complexity index is 488. The van der Waals surface area contributed by atoms with Crippen LogP contribution in [0.5, 0.6) is 6.01 Å². The Morgan fingerprint density at radius 1 is 1.21 bits per heavy atom. The first kappa shape index (κ1) is 13.4. The predicted molar refractivity (Wildman–Crippen MR) is 73.8 cm³/mol. The summed E-state index contributed by atoms with van der Waals surface area (Å²) in [6.45, 7) is 5.41. The van der Waals surface area contributed by atoms with Gasteiger partial charge in [0.25, 0.3) is 0 Å². The van der Waals surface area contributed by atoms with Gasteiger partial charge in [0.15, 0.2) is 5.60 Å². The number of nitrogens with zero attached hydrogens (tertiary/aromatic N) is 4. The molecule has 2 rings (SSSR count). The monoisotopic (exact) mass is 261 g/mol. The summed E-state index contributed by atoms with van der Waals surface area (Å²) in [6, 6.07) is 0.177. The molecule has 102 valence electrons. The molecule has 1 aromatic heterocycles. The zero-order valence-electron chi connectivity index (χ0n) is 11.4. The summed E-state index contributed by atoms with van der Waals surface area (Å²) in [6.07, 6.45) is 8.90. The van der Waals surface area contributed by atoms with Crippen LogP contribution in [0.25, 0.3) is 0 Å². The quantitative estimate of drug-likeness (QED) is 0.825. The average molecular weight is 261 g/mol. The Kier molecular flexibility index (Phi) is 3.74. The molecule has 1 aromatic rings. The van der Waals surface area contributed by atoms with Crippen LogP contribution in [0.2, 0.25) is 0 Å². The number of nitrogens with two attached hydrogens (primary N) is 1. The summed E-state index contributed by atoms with van der Waals surface area (Å²) >= 11 is 0. The maximum Gasteiger partial charge on any atom is 0.324 e. The molecule has 1 saturated heterocycles. The van der Waals surface area contributed by atoms with Crippen molar-refractivity contribution in [1.29, 1.82) is 0 Å². The number of terminal acetylenes is 1. The molecule has 1 aliphatic rings. The molecule has 2 N–H and O–H groups in total. The third kappa shape index (κ3) is 3.47. The van der Waals surface area contributed by atoms with E-state index in [4.69, 9.17) is 16.9 Å². The Labute approximate surface area is 113 Å². The highest BCUT2D eigenvalue weighted by atomic mass is 16.5. The number of nitrogen functional groups attached to an aromatic ring is 1. The van der Waals surface area contributed by atoms with Gasteiger partial charge < -0.3 is 15.4 Å². The first-order chi connectivity index (χ1) is 9.00. The molecular formula is C13H19N5O. The fourth-order valence-corrected chi connectivity index (χ4v) is 1.90. The van der Waals surface area contributed by atoms with Gasteiger partial charge in [0.2, 0.25) is 11.9 Å². The first-order valence-electron chi connectivity index (χ1n) is 6.43. The predicted octanol–water partition coefficient (Wildman–Crippen LogP) is 1.23. The average Bonchev–Trinajstić information content (AvgIpc) is 2.38. The summed E-state index contributed by atoms with van der Waals surface area (Å²) < 4.78 is 5.56. The van der Waals surface area contributed by atoms with E-state index in [-0.39, 0.29) is 12.0 Å². The summed E-state index contributed by atoms with van der Waals surface area (Å²) in [4.78, 5) is 14.5. The molecule has 0 bridgehead atoms. The van der Waals surface area contributed by atoms with Crippen LogP contribution in [-0.4, -0.2) is 33.6 Å². The smallest absolute Gasteiger partial charge is 0.324 e. The lowest BCUT2D eigenvalue weighted by molar-refractivity contribution is 0.156. The number of rotatable bonds is 3. The highest BCUT2D eigenvalue weighted by Crippen LogP contribution is 2.20. The summed E-state index contributed by atoms with van der Waals surface area (Å²) in [7, 11) is 0. The highest BCUT2D eigenvalue weighted by molar-refractivity contribution is 5.36. The molecule has 2 heterocycles. The van der Waals surface area contributed by atoms with E-state index in [1.54, 1.807) is 13.8 Å². The molecule has 1 aliphatic heterocycles. The van der Waals surface area contributed by atoms with Gasteiger partial charge in [-0.2, -0.15) is 15.0 Å². The van der Waals surface area contributed by atoms with Crippen molar-refractivity contribution >= 4 is 11.9 Å². The molecule has 0 atom stereocenters. The third-order valence-electron chi connectivity index (χ3n) is 2.95. The van der Waals surface area contributed by atoms with E-state index in [1.165, 1.54) is 6.42 Å². The second-order valence-electron chi connectivity index (χ2n) is 5.08. The molecular weight excluding hydrogens is 242 g/mol. The summed E-state index contributed by atoms with van der Waals surface area (Å²) in [5.74, 6) is 3.25. The van der Waals surface area contributed by atoms with Gasteiger partial charge in [0.1, 0.15) is 0 Å². The molecule has 1 fully saturated rings. The van der Waals surface area contributed by atoms with Crippen molar-refractivity contribution in [3.8, 4) is 18.4 Å². The molecule has 0 aromatic carbocycles. The van der Waals surface area contributed by atoms with Crippen LogP contribution in [0.15, 0.2) is 0 Å². The van der Waals surface area contributed by atoms with E-state index in [0.717, 1.165) is 25.9 Å². The summed E-state index contributed by atoms with van der Waals surface area (Å²) in [5, 5.41) is 0. The van der Waals surface area contributed by atoms with Crippen LogP contribution in [0.1, 0.15) is 33.1 Å². The lowest BCUT2D eigenvalue weighted by atomic mass is 10.1. The molecule has 0 amide bonds. The minimum Gasteiger partial charge on any atom is -0.444 e. The van der Waals surface area contributed by atoms with Crippen molar-refractivity contribution in [2.24, 2.45) is 0 Å². The van der Waals surface area contributed by atoms with Crippen LogP contribution in [0.3, 0.4) is 0 Å². The number of hydrogen-bond acceptors (Lipinski definition) is 6. The SMILES string of the molecule is C#CC(C)(C)Oc1nc(N)nc(N2CCCCC2)n1. The highest BCUT2D eigenvalue weighted by Gasteiger charge is 2.21. The standard InChI is InChI=1S/C13H19N5O/c1-4-13(2,3)19-12-16-10(14)15-11(17-12)18-8-6-5-7-9-18/h1H,5-9H2,2-3H3,(H2,14,15,16,17). The number of piperidine rings is 1. The third-order valence-corrected chi connectivity index (χ3v) is 2.95. The lowest BCUT2D eigenvalue weighted by Crippen LogP contribution is -2.32. The van der Waals surface area contributed by atoms with Gasteiger partial charge in [0.05, 0.1) is 0 Å². The second kappa shape index (κ2) is 5.31. The number of anilines is 2. The van der Waals surface area contributed by atoms with E-state index in [2.05, 4.69) is 25.8 Å². The zero-order chi connectivity index (χ0) is 13.9. The van der Waals surface area contributed by atoms with Gasteiger partial charge in [-0.1, -0.05) is 5.92 Å². The molecule has 0 spiro atoms. The maximum absolute atomic E-state index is 5.71. The maximum atomic E-state index is 5.71. The van der Waals surface area contributed by atoms with E-state index in [1.807, 2.05) is 0 Å². The van der Waals surface area contributed by atoms with Gasteiger partial charge in [-0.25, -0.2) is 0 Å². The van der Waals surface area contributed by atoms with Gasteiger partial charge in [-0.15, -0.1) is 6.42 Å². The van der Waals surface area contributed by atoms with Gasteiger partial charge >= 0.3 is 6.01 Å². The molecule has 6 heteroatoms. The van der Waals surface area contributed by atoms with Crippen LogP contribution in [0, 0.1) is 12.3 Å².